The molecule has 2 fully saturated rings. The number of carbonyl (C=O) groups excluding carboxylic acids is 1. The fourth-order valence-corrected chi connectivity index (χ4v) is 4.73. The first-order valence-corrected chi connectivity index (χ1v) is 11.2. The summed E-state index contributed by atoms with van der Waals surface area (Å²) in [6, 6.07) is 5.13. The number of esters is 1. The van der Waals surface area contributed by atoms with Gasteiger partial charge in [-0.15, -0.1) is 5.10 Å². The van der Waals surface area contributed by atoms with Crippen LogP contribution in [-0.4, -0.2) is 32.9 Å². The van der Waals surface area contributed by atoms with E-state index in [0.29, 0.717) is 23.7 Å². The van der Waals surface area contributed by atoms with Gasteiger partial charge in [0.25, 0.3) is 0 Å². The van der Waals surface area contributed by atoms with Crippen molar-refractivity contribution >= 4 is 17.6 Å². The smallest absolute Gasteiger partial charge is 0.341 e. The number of ether oxygens (including phenoxy) is 2. The monoisotopic (exact) mass is 431 g/mol. The van der Waals surface area contributed by atoms with Gasteiger partial charge in [-0.2, -0.15) is 0 Å². The van der Waals surface area contributed by atoms with Crippen LogP contribution in [0.2, 0.25) is 5.15 Å². The van der Waals surface area contributed by atoms with Crippen molar-refractivity contribution in [2.45, 2.75) is 71.3 Å². The molecule has 2 aromatic rings. The summed E-state index contributed by atoms with van der Waals surface area (Å²) in [6.07, 6.45) is 11.2. The van der Waals surface area contributed by atoms with Gasteiger partial charge < -0.3 is 9.47 Å². The van der Waals surface area contributed by atoms with Crippen molar-refractivity contribution in [3.63, 3.8) is 0 Å². The van der Waals surface area contributed by atoms with E-state index < -0.39 is 11.6 Å². The number of hydrogen-bond donors (Lipinski definition) is 0. The maximum absolute atomic E-state index is 12.2. The summed E-state index contributed by atoms with van der Waals surface area (Å²) in [5.74, 6) is 1.40. The molecular weight excluding hydrogens is 402 g/mol. The normalized spacial score (nSPS) is 20.2. The van der Waals surface area contributed by atoms with Crippen molar-refractivity contribution in [1.82, 2.24) is 14.8 Å². The van der Waals surface area contributed by atoms with Gasteiger partial charge in [0.15, 0.2) is 5.82 Å². The van der Waals surface area contributed by atoms with Crippen LogP contribution in [0.15, 0.2) is 24.4 Å². The number of pyridine rings is 1. The Balaban J connectivity index is 1.35. The summed E-state index contributed by atoms with van der Waals surface area (Å²) in [4.78, 5) is 16.5. The topological polar surface area (TPSA) is 66.2 Å². The van der Waals surface area contributed by atoms with Gasteiger partial charge in [-0.05, 0) is 76.3 Å². The Morgan fingerprint density at radius 1 is 1.23 bits per heavy atom. The van der Waals surface area contributed by atoms with E-state index in [1.807, 2.05) is 26.8 Å². The minimum atomic E-state index is -0.593. The number of hydrogen-bond acceptors (Lipinski definition) is 5. The molecule has 0 amide bonds. The molecule has 30 heavy (non-hydrogen) atoms. The first kappa shape index (κ1) is 21.2. The summed E-state index contributed by atoms with van der Waals surface area (Å²) in [7, 11) is 0. The van der Waals surface area contributed by atoms with Crippen molar-refractivity contribution in [1.29, 1.82) is 0 Å². The van der Waals surface area contributed by atoms with E-state index in [9.17, 15) is 4.79 Å². The maximum Gasteiger partial charge on any atom is 0.341 e. The lowest BCUT2D eigenvalue weighted by molar-refractivity contribution is 0.00693. The van der Waals surface area contributed by atoms with E-state index in [-0.39, 0.29) is 10.7 Å². The SMILES string of the molecule is CC(C)(C)OC(=O)c1ccc(-n2ccc(OCCC3CCCCC34CC4)n2)nc1Cl. The Labute approximate surface area is 182 Å². The zero-order valence-corrected chi connectivity index (χ0v) is 18.7. The van der Waals surface area contributed by atoms with E-state index in [1.165, 1.54) is 38.5 Å². The molecule has 0 bridgehead atoms. The minimum Gasteiger partial charge on any atom is -0.477 e. The first-order valence-electron chi connectivity index (χ1n) is 10.8. The Hall–Kier alpha value is -2.08. The van der Waals surface area contributed by atoms with E-state index >= 15 is 0 Å². The predicted molar refractivity (Wildman–Crippen MR) is 115 cm³/mol. The highest BCUT2D eigenvalue weighted by Crippen LogP contribution is 2.60. The molecule has 2 aromatic heterocycles. The highest BCUT2D eigenvalue weighted by Gasteiger charge is 2.49. The summed E-state index contributed by atoms with van der Waals surface area (Å²) in [5, 5.41) is 4.54. The molecule has 1 unspecified atom stereocenters. The molecule has 1 atom stereocenters. The van der Waals surface area contributed by atoms with Crippen molar-refractivity contribution in [3.8, 4) is 11.7 Å². The second kappa shape index (κ2) is 8.22. The van der Waals surface area contributed by atoms with Gasteiger partial charge in [-0.25, -0.2) is 14.5 Å². The molecule has 0 N–H and O–H groups in total. The fraction of sp³-hybridized carbons (Fsp3) is 0.609. The minimum absolute atomic E-state index is 0.0896. The Kier molecular flexibility index (Phi) is 5.80. The molecule has 162 valence electrons. The van der Waals surface area contributed by atoms with Crippen molar-refractivity contribution in [2.24, 2.45) is 11.3 Å². The maximum atomic E-state index is 12.2. The largest absolute Gasteiger partial charge is 0.477 e. The highest BCUT2D eigenvalue weighted by molar-refractivity contribution is 6.32. The van der Waals surface area contributed by atoms with E-state index in [2.05, 4.69) is 10.1 Å². The summed E-state index contributed by atoms with van der Waals surface area (Å²) >= 11 is 6.23. The van der Waals surface area contributed by atoms with Crippen LogP contribution in [0.1, 0.15) is 76.1 Å². The van der Waals surface area contributed by atoms with Gasteiger partial charge in [0, 0.05) is 12.3 Å². The Morgan fingerprint density at radius 2 is 2.03 bits per heavy atom. The van der Waals surface area contributed by atoms with Crippen molar-refractivity contribution in [2.75, 3.05) is 6.61 Å². The van der Waals surface area contributed by atoms with Gasteiger partial charge in [0.2, 0.25) is 5.88 Å². The summed E-state index contributed by atoms with van der Waals surface area (Å²) in [6.45, 7) is 6.12. The van der Waals surface area contributed by atoms with Crippen molar-refractivity contribution < 1.29 is 14.3 Å². The lowest BCUT2D eigenvalue weighted by Gasteiger charge is -2.31. The van der Waals surface area contributed by atoms with Crippen LogP contribution in [0, 0.1) is 11.3 Å². The molecule has 0 aromatic carbocycles. The van der Waals surface area contributed by atoms with Crippen LogP contribution in [0.5, 0.6) is 5.88 Å². The molecule has 4 rings (SSSR count). The van der Waals surface area contributed by atoms with E-state index in [1.54, 1.807) is 23.0 Å². The third-order valence-corrected chi connectivity index (χ3v) is 6.49. The highest BCUT2D eigenvalue weighted by atomic mass is 35.5. The zero-order valence-electron chi connectivity index (χ0n) is 18.0. The second-order valence-electron chi connectivity index (χ2n) is 9.55. The number of rotatable bonds is 6. The van der Waals surface area contributed by atoms with Gasteiger partial charge >= 0.3 is 5.97 Å². The molecule has 6 nitrogen and oxygen atoms in total. The van der Waals surface area contributed by atoms with Crippen LogP contribution in [-0.2, 0) is 4.74 Å². The number of halogens is 1. The third-order valence-electron chi connectivity index (χ3n) is 6.20. The van der Waals surface area contributed by atoms with Crippen LogP contribution in [0.25, 0.3) is 5.82 Å². The number of nitrogens with zero attached hydrogens (tertiary/aromatic N) is 3. The standard InChI is InChI=1S/C23H30ClN3O3/c1-22(2,3)30-21(28)17-7-8-18(25-20(17)24)27-14-9-19(26-27)29-15-10-16-6-4-5-11-23(16)12-13-23/h7-9,14,16H,4-6,10-13,15H2,1-3H3. The Morgan fingerprint density at radius 3 is 2.73 bits per heavy atom. The predicted octanol–water partition coefficient (Wildman–Crippen LogP) is 5.62. The lowest BCUT2D eigenvalue weighted by Crippen LogP contribution is -2.24. The lowest BCUT2D eigenvalue weighted by atomic mass is 9.75. The molecule has 2 aliphatic rings. The second-order valence-corrected chi connectivity index (χ2v) is 9.91. The molecule has 0 radical (unpaired) electrons. The summed E-state index contributed by atoms with van der Waals surface area (Å²) in [5.41, 5.74) is 0.280. The van der Waals surface area contributed by atoms with Crippen LogP contribution in [0.4, 0.5) is 0 Å². The molecular formula is C23H30ClN3O3. The molecule has 7 heteroatoms. The third kappa shape index (κ3) is 4.80. The van der Waals surface area contributed by atoms with Gasteiger partial charge in [0.05, 0.1) is 12.2 Å². The van der Waals surface area contributed by atoms with Crippen LogP contribution < -0.4 is 4.74 Å². The average Bonchev–Trinajstić information content (AvgIpc) is 3.28. The van der Waals surface area contributed by atoms with Crippen molar-refractivity contribution in [3.05, 3.63) is 35.1 Å². The van der Waals surface area contributed by atoms with Crippen LogP contribution >= 0.6 is 11.6 Å². The Bertz CT molecular complexity index is 915. The molecule has 0 saturated heterocycles. The summed E-state index contributed by atoms with van der Waals surface area (Å²) < 4.78 is 12.9. The molecule has 2 aliphatic carbocycles. The molecule has 2 saturated carbocycles. The average molecular weight is 432 g/mol. The van der Waals surface area contributed by atoms with Crippen LogP contribution in [0.3, 0.4) is 0 Å². The molecule has 0 aliphatic heterocycles. The van der Waals surface area contributed by atoms with Gasteiger partial charge in [-0.1, -0.05) is 24.4 Å². The number of carbonyl (C=O) groups is 1. The van der Waals surface area contributed by atoms with E-state index in [0.717, 1.165) is 12.3 Å². The fourth-order valence-electron chi connectivity index (χ4n) is 4.50. The molecule has 2 heterocycles. The van der Waals surface area contributed by atoms with E-state index in [4.69, 9.17) is 21.1 Å². The zero-order chi connectivity index (χ0) is 21.4. The van der Waals surface area contributed by atoms with Gasteiger partial charge in [0.1, 0.15) is 10.8 Å². The van der Waals surface area contributed by atoms with Gasteiger partial charge in [-0.3, -0.25) is 0 Å². The quantitative estimate of drug-likeness (QED) is 0.439. The first-order chi connectivity index (χ1) is 14.3. The number of aromatic nitrogens is 3. The molecule has 1 spiro atoms.